The number of hydrogen-bond donors (Lipinski definition) is 3. The van der Waals surface area contributed by atoms with E-state index in [1.807, 2.05) is 70.2 Å². The largest absolute Gasteiger partial charge is 0.480 e. The number of carboxylic acid groups (broad SMARTS) is 1. The second kappa shape index (κ2) is 14.4. The monoisotopic (exact) mass is 544 g/mol. The number of carboxylic acids is 1. The van der Waals surface area contributed by atoms with Gasteiger partial charge in [-0.05, 0) is 65.7 Å². The van der Waals surface area contributed by atoms with E-state index in [1.54, 1.807) is 0 Å². The molecule has 0 aliphatic carbocycles. The van der Waals surface area contributed by atoms with Crippen molar-refractivity contribution < 1.29 is 23.1 Å². The van der Waals surface area contributed by atoms with Crippen LogP contribution >= 0.6 is 0 Å². The second-order valence-corrected chi connectivity index (χ2v) is 12.5. The van der Waals surface area contributed by atoms with E-state index in [9.17, 15) is 23.1 Å². The number of nitrogens with one attached hydrogen (secondary N) is 2. The summed E-state index contributed by atoms with van der Waals surface area (Å²) in [4.78, 5) is 24.3. The molecule has 0 aliphatic heterocycles. The van der Waals surface area contributed by atoms with Crippen LogP contribution in [0.1, 0.15) is 107 Å². The molecule has 0 aliphatic rings. The molecule has 0 aromatic heterocycles. The van der Waals surface area contributed by atoms with Gasteiger partial charge in [-0.2, -0.15) is 0 Å². The van der Waals surface area contributed by atoms with Crippen LogP contribution in [0.25, 0.3) is 0 Å². The first kappa shape index (κ1) is 31.5. The molecule has 0 spiro atoms. The lowest BCUT2D eigenvalue weighted by molar-refractivity contribution is -0.142. The first-order chi connectivity index (χ1) is 17.8. The van der Waals surface area contributed by atoms with Gasteiger partial charge in [0.1, 0.15) is 6.04 Å². The van der Waals surface area contributed by atoms with Crippen LogP contribution in [0.2, 0.25) is 0 Å². The minimum atomic E-state index is -3.76. The first-order valence-corrected chi connectivity index (χ1v) is 15.0. The van der Waals surface area contributed by atoms with Gasteiger partial charge in [-0.25, -0.2) is 17.9 Å². The number of aliphatic carboxylic acids is 1. The molecule has 3 N–H and O–H groups in total. The quantitative estimate of drug-likeness (QED) is 0.249. The molecule has 7 nitrogen and oxygen atoms in total. The Kier molecular flexibility index (Phi) is 12.0. The van der Waals surface area contributed by atoms with Gasteiger partial charge in [0.25, 0.3) is 0 Å². The van der Waals surface area contributed by atoms with Gasteiger partial charge in [0.2, 0.25) is 15.9 Å². The number of hydrogen-bond acceptors (Lipinski definition) is 4. The molecule has 8 heteroatoms. The van der Waals surface area contributed by atoms with Gasteiger partial charge in [-0.15, -0.1) is 0 Å². The summed E-state index contributed by atoms with van der Waals surface area (Å²) >= 11 is 0. The number of sulfonamides is 1. The van der Waals surface area contributed by atoms with Gasteiger partial charge in [-0.3, -0.25) is 4.79 Å². The molecule has 1 atom stereocenters. The van der Waals surface area contributed by atoms with Crippen molar-refractivity contribution in [3.8, 4) is 0 Å². The maximum Gasteiger partial charge on any atom is 0.326 e. The molecule has 210 valence electrons. The van der Waals surface area contributed by atoms with Crippen molar-refractivity contribution in [2.24, 2.45) is 0 Å². The number of carbonyl (C=O) groups excluding carboxylic acids is 1. The molecule has 0 radical (unpaired) electrons. The standard InChI is InChI=1S/C30H44N2O5S/c1-20(2)24-18-25(21(3)4)29(26(19-24)22(5)6)38(36,37)31-17-11-10-14-27(30(34)35)32-28(33)16-15-23-12-8-7-9-13-23/h7-9,12-13,18-22,27,31H,10-11,14-17H2,1-6H3,(H,32,33)(H,34,35). The Morgan fingerprint density at radius 1 is 0.868 bits per heavy atom. The molecular weight excluding hydrogens is 500 g/mol. The molecule has 1 amide bonds. The summed E-state index contributed by atoms with van der Waals surface area (Å²) in [5.41, 5.74) is 3.77. The highest BCUT2D eigenvalue weighted by atomic mass is 32.2. The summed E-state index contributed by atoms with van der Waals surface area (Å²) in [5, 5.41) is 12.1. The molecule has 0 saturated heterocycles. The number of rotatable bonds is 15. The fraction of sp³-hybridized carbons (Fsp3) is 0.533. The Balaban J connectivity index is 1.98. The number of amides is 1. The van der Waals surface area contributed by atoms with E-state index in [2.05, 4.69) is 23.9 Å². The molecule has 0 heterocycles. The van der Waals surface area contributed by atoms with E-state index in [0.717, 1.165) is 22.3 Å². The minimum Gasteiger partial charge on any atom is -0.480 e. The van der Waals surface area contributed by atoms with Crippen LogP contribution < -0.4 is 10.0 Å². The van der Waals surface area contributed by atoms with Crippen LogP contribution in [-0.4, -0.2) is 38.0 Å². The molecule has 0 fully saturated rings. The topological polar surface area (TPSA) is 113 Å². The van der Waals surface area contributed by atoms with Crippen LogP contribution in [0.5, 0.6) is 0 Å². The third kappa shape index (κ3) is 9.24. The zero-order valence-electron chi connectivity index (χ0n) is 23.6. The third-order valence-corrected chi connectivity index (χ3v) is 8.27. The van der Waals surface area contributed by atoms with Crippen molar-refractivity contribution in [2.45, 2.75) is 102 Å². The van der Waals surface area contributed by atoms with Crippen molar-refractivity contribution in [2.75, 3.05) is 6.54 Å². The average molecular weight is 545 g/mol. The van der Waals surface area contributed by atoms with Crippen LogP contribution in [0, 0.1) is 0 Å². The van der Waals surface area contributed by atoms with E-state index in [0.29, 0.717) is 24.2 Å². The summed E-state index contributed by atoms with van der Waals surface area (Å²) in [7, 11) is -3.76. The molecule has 2 aromatic rings. The van der Waals surface area contributed by atoms with E-state index >= 15 is 0 Å². The van der Waals surface area contributed by atoms with E-state index in [4.69, 9.17) is 0 Å². The summed E-state index contributed by atoms with van der Waals surface area (Å²) in [6.07, 6.45) is 1.89. The number of carbonyl (C=O) groups is 2. The molecule has 1 unspecified atom stereocenters. The Labute approximate surface area is 228 Å². The zero-order valence-corrected chi connectivity index (χ0v) is 24.4. The lowest BCUT2D eigenvalue weighted by Crippen LogP contribution is -2.41. The van der Waals surface area contributed by atoms with Gasteiger partial charge < -0.3 is 10.4 Å². The highest BCUT2D eigenvalue weighted by Gasteiger charge is 2.27. The van der Waals surface area contributed by atoms with Gasteiger partial charge >= 0.3 is 5.97 Å². The fourth-order valence-corrected chi connectivity index (χ4v) is 6.15. The SMILES string of the molecule is CC(C)c1cc(C(C)C)c(S(=O)(=O)NCCCCC(NC(=O)CCc2ccccc2)C(=O)O)c(C(C)C)c1. The molecule has 2 rings (SSSR count). The van der Waals surface area contributed by atoms with Crippen LogP contribution in [0.4, 0.5) is 0 Å². The van der Waals surface area contributed by atoms with Crippen molar-refractivity contribution in [3.63, 3.8) is 0 Å². The maximum absolute atomic E-state index is 13.4. The summed E-state index contributed by atoms with van der Waals surface area (Å²) < 4.78 is 29.6. The number of aryl methyl sites for hydroxylation is 1. The normalized spacial score (nSPS) is 12.8. The molecule has 2 aromatic carbocycles. The molecule has 0 saturated carbocycles. The fourth-order valence-electron chi connectivity index (χ4n) is 4.38. The zero-order chi connectivity index (χ0) is 28.5. The first-order valence-electron chi connectivity index (χ1n) is 13.6. The molecule has 38 heavy (non-hydrogen) atoms. The predicted molar refractivity (Wildman–Crippen MR) is 152 cm³/mol. The van der Waals surface area contributed by atoms with Crippen molar-refractivity contribution in [1.29, 1.82) is 0 Å². The highest BCUT2D eigenvalue weighted by molar-refractivity contribution is 7.89. The Hall–Kier alpha value is -2.71. The van der Waals surface area contributed by atoms with Crippen molar-refractivity contribution >= 4 is 21.9 Å². The summed E-state index contributed by atoms with van der Waals surface area (Å²) in [6, 6.07) is 12.6. The van der Waals surface area contributed by atoms with Crippen molar-refractivity contribution in [3.05, 3.63) is 64.7 Å². The number of unbranched alkanes of at least 4 members (excludes halogenated alkanes) is 1. The van der Waals surface area contributed by atoms with Crippen LogP contribution in [-0.2, 0) is 26.0 Å². The van der Waals surface area contributed by atoms with Crippen LogP contribution in [0.3, 0.4) is 0 Å². The number of benzene rings is 2. The van der Waals surface area contributed by atoms with Gasteiger partial charge in [0.15, 0.2) is 0 Å². The summed E-state index contributed by atoms with van der Waals surface area (Å²) in [6.45, 7) is 12.4. The van der Waals surface area contributed by atoms with Crippen molar-refractivity contribution in [1.82, 2.24) is 10.0 Å². The maximum atomic E-state index is 13.4. The lowest BCUT2D eigenvalue weighted by atomic mass is 9.89. The van der Waals surface area contributed by atoms with E-state index in [-0.39, 0.29) is 43.0 Å². The van der Waals surface area contributed by atoms with Crippen LogP contribution in [0.15, 0.2) is 47.4 Å². The van der Waals surface area contributed by atoms with E-state index in [1.165, 1.54) is 0 Å². The Morgan fingerprint density at radius 2 is 1.45 bits per heavy atom. The minimum absolute atomic E-state index is 0.0413. The second-order valence-electron chi connectivity index (χ2n) is 10.8. The third-order valence-electron chi connectivity index (χ3n) is 6.68. The Morgan fingerprint density at radius 3 is 1.95 bits per heavy atom. The Bertz CT molecular complexity index is 1150. The summed E-state index contributed by atoms with van der Waals surface area (Å²) in [5.74, 6) is -1.03. The van der Waals surface area contributed by atoms with Gasteiger partial charge in [0, 0.05) is 13.0 Å². The van der Waals surface area contributed by atoms with Gasteiger partial charge in [0.05, 0.1) is 4.90 Å². The lowest BCUT2D eigenvalue weighted by Gasteiger charge is -2.23. The highest BCUT2D eigenvalue weighted by Crippen LogP contribution is 2.35. The van der Waals surface area contributed by atoms with Gasteiger partial charge in [-0.1, -0.05) is 84.0 Å². The predicted octanol–water partition coefficient (Wildman–Crippen LogP) is 5.71. The van der Waals surface area contributed by atoms with E-state index < -0.39 is 22.0 Å². The average Bonchev–Trinajstić information content (AvgIpc) is 2.86. The molecule has 0 bridgehead atoms. The smallest absolute Gasteiger partial charge is 0.326 e. The molecular formula is C30H44N2O5S.